The van der Waals surface area contributed by atoms with Gasteiger partial charge in [0.2, 0.25) is 5.56 Å². The van der Waals surface area contributed by atoms with Crippen LogP contribution >= 0.6 is 0 Å². The van der Waals surface area contributed by atoms with Crippen molar-refractivity contribution >= 4 is 17.1 Å². The molecule has 0 saturated carbocycles. The van der Waals surface area contributed by atoms with Gasteiger partial charge in [0.05, 0.1) is 17.4 Å². The summed E-state index contributed by atoms with van der Waals surface area (Å²) in [5.74, 6) is 0.241. The number of amides is 1. The average molecular weight is 336 g/mol. The number of aromatic nitrogens is 3. The van der Waals surface area contributed by atoms with E-state index in [1.54, 1.807) is 10.9 Å². The van der Waals surface area contributed by atoms with E-state index in [1.165, 1.54) is 17.2 Å². The molecule has 1 N–H and O–H groups in total. The van der Waals surface area contributed by atoms with Crippen molar-refractivity contribution in [1.29, 1.82) is 0 Å². The molecule has 2 aromatic heterocycles. The van der Waals surface area contributed by atoms with Crippen molar-refractivity contribution in [3.63, 3.8) is 0 Å². The number of likely N-dealkylation sites (tertiary alicyclic amines) is 1. The van der Waals surface area contributed by atoms with Gasteiger partial charge >= 0.3 is 0 Å². The molecule has 1 aliphatic rings. The Labute approximate surface area is 145 Å². The summed E-state index contributed by atoms with van der Waals surface area (Å²) in [6.45, 7) is 3.48. The van der Waals surface area contributed by atoms with E-state index in [0.717, 1.165) is 6.42 Å². The highest BCUT2D eigenvalue weighted by Crippen LogP contribution is 2.30. The minimum absolute atomic E-state index is 0.101. The fourth-order valence-corrected chi connectivity index (χ4v) is 3.77. The van der Waals surface area contributed by atoms with Crippen molar-refractivity contribution in [2.45, 2.75) is 19.3 Å². The van der Waals surface area contributed by atoms with Crippen LogP contribution in [-0.2, 0) is 7.05 Å². The second kappa shape index (κ2) is 5.88. The van der Waals surface area contributed by atoms with Gasteiger partial charge in [-0.25, -0.2) is 4.98 Å². The van der Waals surface area contributed by atoms with Gasteiger partial charge in [-0.05, 0) is 24.5 Å². The van der Waals surface area contributed by atoms with Gasteiger partial charge in [-0.2, -0.15) is 0 Å². The molecule has 1 atom stereocenters. The molecule has 4 rings (SSSR count). The highest BCUT2D eigenvalue weighted by atomic mass is 16.2. The van der Waals surface area contributed by atoms with E-state index in [2.05, 4.69) is 29.0 Å². The maximum Gasteiger partial charge on any atom is 0.256 e. The van der Waals surface area contributed by atoms with Crippen LogP contribution in [0.25, 0.3) is 11.2 Å². The minimum atomic E-state index is -0.302. The zero-order valence-corrected chi connectivity index (χ0v) is 14.3. The van der Waals surface area contributed by atoms with Crippen LogP contribution in [0.1, 0.15) is 33.8 Å². The Balaban J connectivity index is 1.66. The van der Waals surface area contributed by atoms with Gasteiger partial charge < -0.3 is 14.5 Å². The van der Waals surface area contributed by atoms with E-state index in [4.69, 9.17) is 0 Å². The first-order chi connectivity index (χ1) is 12.0. The van der Waals surface area contributed by atoms with E-state index >= 15 is 0 Å². The summed E-state index contributed by atoms with van der Waals surface area (Å²) in [5.41, 5.74) is 3.80. The number of carbonyl (C=O) groups excluding carboxylic acids is 1. The van der Waals surface area contributed by atoms with E-state index < -0.39 is 0 Å². The number of H-pyrrole nitrogens is 1. The normalized spacial score (nSPS) is 17.4. The van der Waals surface area contributed by atoms with Crippen LogP contribution in [0.15, 0.2) is 41.5 Å². The van der Waals surface area contributed by atoms with Crippen molar-refractivity contribution in [3.8, 4) is 0 Å². The Kier molecular flexibility index (Phi) is 3.67. The van der Waals surface area contributed by atoms with Gasteiger partial charge in [0.1, 0.15) is 0 Å². The first kappa shape index (κ1) is 15.6. The fraction of sp³-hybridized carbons (Fsp3) is 0.316. The topological polar surface area (TPSA) is 71.0 Å². The van der Waals surface area contributed by atoms with Crippen LogP contribution < -0.4 is 5.56 Å². The average Bonchev–Trinajstić information content (AvgIpc) is 3.21. The summed E-state index contributed by atoms with van der Waals surface area (Å²) >= 11 is 0. The van der Waals surface area contributed by atoms with Gasteiger partial charge in [0.25, 0.3) is 5.91 Å². The quantitative estimate of drug-likeness (QED) is 0.780. The molecule has 1 amide bonds. The smallest absolute Gasteiger partial charge is 0.256 e. The number of rotatable bonds is 2. The minimum Gasteiger partial charge on any atom is -0.338 e. The Morgan fingerprint density at radius 1 is 1.32 bits per heavy atom. The number of aryl methyl sites for hydroxylation is 2. The molecule has 3 heterocycles. The van der Waals surface area contributed by atoms with E-state index in [-0.39, 0.29) is 11.5 Å². The molecule has 1 unspecified atom stereocenters. The number of aromatic amines is 1. The van der Waals surface area contributed by atoms with Crippen molar-refractivity contribution in [2.24, 2.45) is 7.05 Å². The molecule has 1 saturated heterocycles. The van der Waals surface area contributed by atoms with Gasteiger partial charge in [-0.1, -0.05) is 24.3 Å². The SMILES string of the molecule is Cc1ccccc1C1CCN(C(=O)c2cc(=O)[nH]c3ncn(C)c23)C1. The third-order valence-electron chi connectivity index (χ3n) is 5.04. The summed E-state index contributed by atoms with van der Waals surface area (Å²) in [5, 5.41) is 0. The van der Waals surface area contributed by atoms with Crippen LogP contribution in [0.4, 0.5) is 0 Å². The van der Waals surface area contributed by atoms with Crippen LogP contribution in [0.3, 0.4) is 0 Å². The monoisotopic (exact) mass is 336 g/mol. The molecule has 1 fully saturated rings. The fourth-order valence-electron chi connectivity index (χ4n) is 3.77. The molecule has 0 spiro atoms. The predicted molar refractivity (Wildman–Crippen MR) is 95.8 cm³/mol. The molecule has 3 aromatic rings. The molecule has 25 heavy (non-hydrogen) atoms. The maximum absolute atomic E-state index is 13.1. The van der Waals surface area contributed by atoms with E-state index in [1.807, 2.05) is 24.1 Å². The molecule has 0 bridgehead atoms. The molecular weight excluding hydrogens is 316 g/mol. The second-order valence-electron chi connectivity index (χ2n) is 6.69. The Morgan fingerprint density at radius 2 is 2.12 bits per heavy atom. The Bertz CT molecular complexity index is 1020. The molecule has 0 aliphatic carbocycles. The lowest BCUT2D eigenvalue weighted by Crippen LogP contribution is -2.30. The van der Waals surface area contributed by atoms with Gasteiger partial charge in [0, 0.05) is 32.1 Å². The summed E-state index contributed by atoms with van der Waals surface area (Å²) < 4.78 is 1.77. The van der Waals surface area contributed by atoms with Gasteiger partial charge in [0.15, 0.2) is 5.65 Å². The largest absolute Gasteiger partial charge is 0.338 e. The number of imidazole rings is 1. The van der Waals surface area contributed by atoms with Crippen molar-refractivity contribution in [3.05, 3.63) is 63.7 Å². The first-order valence-electron chi connectivity index (χ1n) is 8.44. The molecule has 6 nitrogen and oxygen atoms in total. The number of carbonyl (C=O) groups is 1. The number of fused-ring (bicyclic) bond motifs is 1. The molecule has 0 radical (unpaired) electrons. The highest BCUT2D eigenvalue weighted by molar-refractivity contribution is 6.04. The van der Waals surface area contributed by atoms with Crippen LogP contribution in [0.5, 0.6) is 0 Å². The third kappa shape index (κ3) is 2.63. The van der Waals surface area contributed by atoms with E-state index in [9.17, 15) is 9.59 Å². The molecule has 128 valence electrons. The van der Waals surface area contributed by atoms with E-state index in [0.29, 0.717) is 35.7 Å². The lowest BCUT2D eigenvalue weighted by molar-refractivity contribution is 0.0792. The molecular formula is C19H20N4O2. The molecule has 6 heteroatoms. The number of nitrogens with zero attached hydrogens (tertiary/aromatic N) is 3. The van der Waals surface area contributed by atoms with Crippen molar-refractivity contribution in [1.82, 2.24) is 19.4 Å². The third-order valence-corrected chi connectivity index (χ3v) is 5.04. The number of benzene rings is 1. The van der Waals surface area contributed by atoms with Crippen LogP contribution in [0.2, 0.25) is 0 Å². The lowest BCUT2D eigenvalue weighted by atomic mass is 9.94. The number of nitrogens with one attached hydrogen (secondary N) is 1. The second-order valence-corrected chi connectivity index (χ2v) is 6.69. The van der Waals surface area contributed by atoms with Crippen LogP contribution in [0, 0.1) is 6.92 Å². The Hall–Kier alpha value is -2.89. The first-order valence-corrected chi connectivity index (χ1v) is 8.44. The lowest BCUT2D eigenvalue weighted by Gasteiger charge is -2.18. The Morgan fingerprint density at radius 3 is 2.92 bits per heavy atom. The zero-order valence-electron chi connectivity index (χ0n) is 14.3. The highest BCUT2D eigenvalue weighted by Gasteiger charge is 2.30. The summed E-state index contributed by atoms with van der Waals surface area (Å²) in [4.78, 5) is 33.6. The molecule has 1 aliphatic heterocycles. The van der Waals surface area contributed by atoms with Crippen molar-refractivity contribution < 1.29 is 4.79 Å². The standard InChI is InChI=1S/C19H20N4O2/c1-12-5-3-4-6-14(12)13-7-8-23(10-13)19(25)15-9-16(24)21-18-17(15)22(2)11-20-18/h3-6,9,11,13H,7-8,10H2,1-2H3,(H,21,24). The summed E-state index contributed by atoms with van der Waals surface area (Å²) in [6, 6.07) is 9.71. The number of hydrogen-bond acceptors (Lipinski definition) is 3. The molecule has 1 aromatic carbocycles. The summed E-state index contributed by atoms with van der Waals surface area (Å²) in [7, 11) is 1.82. The maximum atomic E-state index is 13.1. The predicted octanol–water partition coefficient (Wildman–Crippen LogP) is 2.20. The number of hydrogen-bond donors (Lipinski definition) is 1. The van der Waals surface area contributed by atoms with Gasteiger partial charge in [-0.15, -0.1) is 0 Å². The number of pyridine rings is 1. The summed E-state index contributed by atoms with van der Waals surface area (Å²) in [6.07, 6.45) is 2.55. The zero-order chi connectivity index (χ0) is 17.6. The van der Waals surface area contributed by atoms with Crippen molar-refractivity contribution in [2.75, 3.05) is 13.1 Å². The van der Waals surface area contributed by atoms with Gasteiger partial charge in [-0.3, -0.25) is 9.59 Å². The van der Waals surface area contributed by atoms with Crippen LogP contribution in [-0.4, -0.2) is 38.4 Å².